The average molecular weight is 303 g/mol. The second-order valence-electron chi connectivity index (χ2n) is 5.07. The van der Waals surface area contributed by atoms with E-state index >= 15 is 0 Å². The van der Waals surface area contributed by atoms with Crippen LogP contribution in [0.5, 0.6) is 0 Å². The number of hydrogen-bond donors (Lipinski definition) is 1. The molecule has 2 rings (SSSR count). The molecule has 0 saturated carbocycles. The minimum Gasteiger partial charge on any atom is -0.391 e. The number of benzene rings is 1. The molecule has 0 spiro atoms. The third-order valence-corrected chi connectivity index (χ3v) is 4.21. The van der Waals surface area contributed by atoms with Crippen molar-refractivity contribution in [3.63, 3.8) is 0 Å². The van der Waals surface area contributed by atoms with Crippen LogP contribution in [0.4, 0.5) is 0 Å². The maximum atomic E-state index is 11.9. The van der Waals surface area contributed by atoms with Crippen LogP contribution < -0.4 is 0 Å². The van der Waals surface area contributed by atoms with Gasteiger partial charge in [-0.2, -0.15) is 0 Å². The average Bonchev–Trinajstić information content (AvgIpc) is 2.52. The summed E-state index contributed by atoms with van der Waals surface area (Å²) in [5.74, 6) is -0.0314. The number of rotatable bonds is 4. The number of aliphatic hydroxyl groups excluding tert-OH is 1. The van der Waals surface area contributed by atoms with Gasteiger partial charge in [-0.1, -0.05) is 30.4 Å². The first kappa shape index (κ1) is 15.9. The Kier molecular flexibility index (Phi) is 6.08. The number of piperidine rings is 1. The molecule has 1 aromatic rings. The second-order valence-corrected chi connectivity index (χ2v) is 5.95. The molecule has 1 N–H and O–H groups in total. The van der Waals surface area contributed by atoms with Crippen LogP contribution in [0.2, 0.25) is 0 Å². The smallest absolute Gasteiger partial charge is 0.246 e. The van der Waals surface area contributed by atoms with Crippen LogP contribution in [0.25, 0.3) is 6.08 Å². The van der Waals surface area contributed by atoms with Crippen LogP contribution in [-0.2, 0) is 4.79 Å². The number of likely N-dealkylation sites (tertiary alicyclic amines) is 1. The maximum Gasteiger partial charge on any atom is 0.246 e. The van der Waals surface area contributed by atoms with Gasteiger partial charge in [0.2, 0.25) is 5.91 Å². The first-order valence-corrected chi connectivity index (χ1v) is 8.37. The Morgan fingerprint density at radius 3 is 2.76 bits per heavy atom. The fourth-order valence-electron chi connectivity index (χ4n) is 2.28. The van der Waals surface area contributed by atoms with E-state index in [-0.39, 0.29) is 12.0 Å². The fraction of sp³-hybridized carbons (Fsp3) is 0.353. The number of aliphatic hydroxyl groups is 1. The highest BCUT2D eigenvalue weighted by Crippen LogP contribution is 2.15. The van der Waals surface area contributed by atoms with Gasteiger partial charge in [0, 0.05) is 24.1 Å². The molecular formula is C17H21NO2S. The summed E-state index contributed by atoms with van der Waals surface area (Å²) in [5.41, 5.74) is 1.11. The van der Waals surface area contributed by atoms with Crippen molar-refractivity contribution >= 4 is 23.7 Å². The van der Waals surface area contributed by atoms with E-state index in [0.717, 1.165) is 24.9 Å². The Balaban J connectivity index is 1.85. The summed E-state index contributed by atoms with van der Waals surface area (Å²) in [4.78, 5) is 14.9. The third kappa shape index (κ3) is 5.06. The number of carbonyl (C=O) groups is 1. The first-order chi connectivity index (χ1) is 10.2. The number of carbonyl (C=O) groups excluding carboxylic acids is 1. The van der Waals surface area contributed by atoms with Crippen molar-refractivity contribution in [1.29, 1.82) is 0 Å². The van der Waals surface area contributed by atoms with E-state index in [0.29, 0.717) is 6.54 Å². The molecule has 1 fully saturated rings. The molecule has 0 aromatic heterocycles. The second kappa shape index (κ2) is 8.05. The summed E-state index contributed by atoms with van der Waals surface area (Å²) in [6.07, 6.45) is 10.5. The standard InChI is InChI=1S/C17H21NO2S/c1-21-16-10-8-14(9-11-16)5-2-3-7-17(20)18-12-4-6-15(19)13-18/h2-3,5,7-11,15,19H,4,6,12-13H2,1H3/b5-2+,7-3+. The predicted molar refractivity (Wildman–Crippen MR) is 88.2 cm³/mol. The van der Waals surface area contributed by atoms with Crippen LogP contribution in [0.1, 0.15) is 18.4 Å². The highest BCUT2D eigenvalue weighted by molar-refractivity contribution is 7.98. The van der Waals surface area contributed by atoms with Crippen molar-refractivity contribution in [2.45, 2.75) is 23.8 Å². The van der Waals surface area contributed by atoms with E-state index in [1.54, 1.807) is 28.8 Å². The Morgan fingerprint density at radius 2 is 2.10 bits per heavy atom. The number of nitrogens with zero attached hydrogens (tertiary/aromatic N) is 1. The largest absolute Gasteiger partial charge is 0.391 e. The lowest BCUT2D eigenvalue weighted by atomic mass is 10.1. The molecule has 1 aliphatic rings. The van der Waals surface area contributed by atoms with Crippen molar-refractivity contribution in [3.05, 3.63) is 48.1 Å². The van der Waals surface area contributed by atoms with Gasteiger partial charge in [0.1, 0.15) is 0 Å². The topological polar surface area (TPSA) is 40.5 Å². The highest BCUT2D eigenvalue weighted by atomic mass is 32.2. The van der Waals surface area contributed by atoms with Gasteiger partial charge >= 0.3 is 0 Å². The SMILES string of the molecule is CSc1ccc(/C=C/C=C/C(=O)N2CCCC(O)C2)cc1. The molecule has 0 aliphatic carbocycles. The summed E-state index contributed by atoms with van der Waals surface area (Å²) in [6.45, 7) is 1.18. The number of hydrogen-bond acceptors (Lipinski definition) is 3. The van der Waals surface area contributed by atoms with E-state index in [1.807, 2.05) is 12.2 Å². The Morgan fingerprint density at radius 1 is 1.33 bits per heavy atom. The Labute approximate surface area is 130 Å². The van der Waals surface area contributed by atoms with Crippen LogP contribution >= 0.6 is 11.8 Å². The molecule has 21 heavy (non-hydrogen) atoms. The molecule has 4 heteroatoms. The van der Waals surface area contributed by atoms with Gasteiger partial charge in [-0.05, 0) is 36.8 Å². The van der Waals surface area contributed by atoms with Crippen LogP contribution in [0.3, 0.4) is 0 Å². The quantitative estimate of drug-likeness (QED) is 0.528. The fourth-order valence-corrected chi connectivity index (χ4v) is 2.69. The van der Waals surface area contributed by atoms with Gasteiger partial charge in [-0.25, -0.2) is 0 Å². The molecule has 1 amide bonds. The van der Waals surface area contributed by atoms with E-state index in [2.05, 4.69) is 30.5 Å². The molecule has 0 radical (unpaired) electrons. The Bertz CT molecular complexity index is 522. The third-order valence-electron chi connectivity index (χ3n) is 3.46. The van der Waals surface area contributed by atoms with E-state index in [4.69, 9.17) is 0 Å². The molecule has 1 aromatic carbocycles. The summed E-state index contributed by atoms with van der Waals surface area (Å²) in [5, 5.41) is 9.56. The normalized spacial score (nSPS) is 19.5. The minimum absolute atomic E-state index is 0.0314. The first-order valence-electron chi connectivity index (χ1n) is 7.15. The van der Waals surface area contributed by atoms with Crippen molar-refractivity contribution in [2.75, 3.05) is 19.3 Å². The summed E-state index contributed by atoms with van der Waals surface area (Å²) in [7, 11) is 0. The van der Waals surface area contributed by atoms with Crippen molar-refractivity contribution in [2.24, 2.45) is 0 Å². The zero-order chi connectivity index (χ0) is 15.1. The van der Waals surface area contributed by atoms with E-state index in [9.17, 15) is 9.90 Å². The molecule has 112 valence electrons. The highest BCUT2D eigenvalue weighted by Gasteiger charge is 2.19. The number of thioether (sulfide) groups is 1. The molecule has 1 atom stereocenters. The van der Waals surface area contributed by atoms with Gasteiger partial charge in [0.05, 0.1) is 6.10 Å². The van der Waals surface area contributed by atoms with Crippen molar-refractivity contribution < 1.29 is 9.90 Å². The molecular weight excluding hydrogens is 282 g/mol. The van der Waals surface area contributed by atoms with Gasteiger partial charge < -0.3 is 10.0 Å². The van der Waals surface area contributed by atoms with Crippen LogP contribution in [0.15, 0.2) is 47.4 Å². The molecule has 1 unspecified atom stereocenters. The lowest BCUT2D eigenvalue weighted by Crippen LogP contribution is -2.41. The Hall–Kier alpha value is -1.52. The lowest BCUT2D eigenvalue weighted by Gasteiger charge is -2.29. The monoisotopic (exact) mass is 303 g/mol. The van der Waals surface area contributed by atoms with Gasteiger partial charge in [-0.3, -0.25) is 4.79 Å². The van der Waals surface area contributed by atoms with Crippen molar-refractivity contribution in [1.82, 2.24) is 4.90 Å². The zero-order valence-corrected chi connectivity index (χ0v) is 13.1. The number of amides is 1. The van der Waals surface area contributed by atoms with Crippen LogP contribution in [0, 0.1) is 0 Å². The van der Waals surface area contributed by atoms with E-state index < -0.39 is 0 Å². The number of allylic oxidation sites excluding steroid dienone is 2. The van der Waals surface area contributed by atoms with Gasteiger partial charge in [0.15, 0.2) is 0 Å². The summed E-state index contributed by atoms with van der Waals surface area (Å²) in [6, 6.07) is 8.26. The molecule has 1 heterocycles. The molecule has 3 nitrogen and oxygen atoms in total. The molecule has 1 saturated heterocycles. The lowest BCUT2D eigenvalue weighted by molar-refractivity contribution is -0.128. The van der Waals surface area contributed by atoms with E-state index in [1.165, 1.54) is 4.90 Å². The van der Waals surface area contributed by atoms with Gasteiger partial charge in [-0.15, -0.1) is 11.8 Å². The minimum atomic E-state index is -0.374. The molecule has 1 aliphatic heterocycles. The predicted octanol–water partition coefficient (Wildman–Crippen LogP) is 2.96. The van der Waals surface area contributed by atoms with Crippen LogP contribution in [-0.4, -0.2) is 41.4 Å². The van der Waals surface area contributed by atoms with Crippen molar-refractivity contribution in [3.8, 4) is 0 Å². The zero-order valence-electron chi connectivity index (χ0n) is 12.2. The van der Waals surface area contributed by atoms with Gasteiger partial charge in [0.25, 0.3) is 0 Å². The number of β-amino-alcohol motifs (C(OH)–C–C–N with tert-alkyl or cyclic N) is 1. The summed E-state index contributed by atoms with van der Waals surface area (Å²) < 4.78 is 0. The summed E-state index contributed by atoms with van der Waals surface area (Å²) >= 11 is 1.72. The maximum absolute atomic E-state index is 11.9. The molecule has 0 bridgehead atoms.